The normalized spacial score (nSPS) is 17.5. The van der Waals surface area contributed by atoms with Gasteiger partial charge in [0.15, 0.2) is 9.84 Å². The van der Waals surface area contributed by atoms with Crippen LogP contribution in [0.1, 0.15) is 35.7 Å². The molecule has 2 aromatic carbocycles. The molecule has 1 aliphatic rings. The zero-order chi connectivity index (χ0) is 18.7. The highest BCUT2D eigenvalue weighted by Gasteiger charge is 2.36. The van der Waals surface area contributed by atoms with E-state index in [2.05, 4.69) is 6.92 Å². The molecule has 1 aliphatic heterocycles. The smallest absolute Gasteiger partial charge is 0.253 e. The van der Waals surface area contributed by atoms with Crippen molar-refractivity contribution in [3.8, 4) is 0 Å². The molecule has 1 fully saturated rings. The minimum absolute atomic E-state index is 0.109. The average Bonchev–Trinajstić information content (AvgIpc) is 3.13. The molecule has 1 heterocycles. The van der Waals surface area contributed by atoms with Gasteiger partial charge in [-0.25, -0.2) is 8.42 Å². The van der Waals surface area contributed by atoms with Gasteiger partial charge in [-0.2, -0.15) is 0 Å². The Labute approximate surface area is 159 Å². The zero-order valence-corrected chi connectivity index (χ0v) is 16.3. The van der Waals surface area contributed by atoms with Crippen molar-refractivity contribution in [3.05, 3.63) is 64.7 Å². The second-order valence-corrected chi connectivity index (χ2v) is 9.27. The number of nitrogens with zero attached hydrogens (tertiary/aromatic N) is 1. The number of hydrogen-bond donors (Lipinski definition) is 0. The molecule has 0 N–H and O–H groups in total. The molecule has 3 rings (SSSR count). The molecule has 6 heteroatoms. The minimum Gasteiger partial charge on any atom is -0.337 e. The number of hydrogen-bond acceptors (Lipinski definition) is 3. The summed E-state index contributed by atoms with van der Waals surface area (Å²) >= 11 is 5.84. The van der Waals surface area contributed by atoms with Crippen molar-refractivity contribution in [1.29, 1.82) is 0 Å². The molecule has 4 nitrogen and oxygen atoms in total. The Hall–Kier alpha value is -1.85. The molecule has 0 bridgehead atoms. The molecule has 1 unspecified atom stereocenters. The van der Waals surface area contributed by atoms with Gasteiger partial charge < -0.3 is 4.90 Å². The molecule has 1 amide bonds. The van der Waals surface area contributed by atoms with Gasteiger partial charge >= 0.3 is 0 Å². The summed E-state index contributed by atoms with van der Waals surface area (Å²) in [4.78, 5) is 14.6. The lowest BCUT2D eigenvalue weighted by Gasteiger charge is -2.17. The van der Waals surface area contributed by atoms with Gasteiger partial charge in [0.25, 0.3) is 5.91 Å². The van der Waals surface area contributed by atoms with E-state index < -0.39 is 15.1 Å². The molecule has 0 radical (unpaired) electrons. The van der Waals surface area contributed by atoms with Gasteiger partial charge in [0, 0.05) is 23.7 Å². The third-order valence-electron chi connectivity index (χ3n) is 4.75. The zero-order valence-electron chi connectivity index (χ0n) is 14.7. The Morgan fingerprint density at radius 1 is 1.12 bits per heavy atom. The van der Waals surface area contributed by atoms with Crippen molar-refractivity contribution in [1.82, 2.24) is 4.90 Å². The van der Waals surface area contributed by atoms with Gasteiger partial charge in [-0.05, 0) is 54.8 Å². The largest absolute Gasteiger partial charge is 0.337 e. The lowest BCUT2D eigenvalue weighted by atomic mass is 10.1. The monoisotopic (exact) mass is 391 g/mol. The summed E-state index contributed by atoms with van der Waals surface area (Å²) in [6, 6.07) is 13.8. The van der Waals surface area contributed by atoms with Gasteiger partial charge in [-0.15, -0.1) is 0 Å². The Bertz CT molecular complexity index is 876. The maximum atomic E-state index is 12.8. The van der Waals surface area contributed by atoms with E-state index in [0.717, 1.165) is 12.8 Å². The van der Waals surface area contributed by atoms with Crippen molar-refractivity contribution in [2.24, 2.45) is 0 Å². The molecule has 1 saturated heterocycles. The summed E-state index contributed by atoms with van der Waals surface area (Å²) < 4.78 is 25.6. The fourth-order valence-corrected chi connectivity index (χ4v) is 5.09. The molecular formula is C20H22ClNO3S. The second-order valence-electron chi connectivity index (χ2n) is 6.61. The first-order valence-corrected chi connectivity index (χ1v) is 10.7. The van der Waals surface area contributed by atoms with Gasteiger partial charge in [0.2, 0.25) is 0 Å². The van der Waals surface area contributed by atoms with Crippen LogP contribution in [0, 0.1) is 0 Å². The van der Waals surface area contributed by atoms with Crippen molar-refractivity contribution < 1.29 is 13.2 Å². The van der Waals surface area contributed by atoms with Gasteiger partial charge in [-0.1, -0.05) is 37.1 Å². The maximum Gasteiger partial charge on any atom is 0.253 e. The number of likely N-dealkylation sites (tertiary alicyclic amines) is 1. The average molecular weight is 392 g/mol. The molecule has 0 spiro atoms. The number of rotatable bonds is 5. The van der Waals surface area contributed by atoms with Crippen molar-refractivity contribution in [2.75, 3.05) is 13.1 Å². The molecule has 26 heavy (non-hydrogen) atoms. The summed E-state index contributed by atoms with van der Waals surface area (Å²) in [5.41, 5.74) is 1.81. The predicted octanol–water partition coefficient (Wildman–Crippen LogP) is 3.98. The molecule has 0 aromatic heterocycles. The van der Waals surface area contributed by atoms with Crippen LogP contribution in [-0.4, -0.2) is 37.6 Å². The van der Waals surface area contributed by atoms with Crippen molar-refractivity contribution >= 4 is 27.3 Å². The summed E-state index contributed by atoms with van der Waals surface area (Å²) in [7, 11) is -3.47. The molecule has 1 atom stereocenters. The molecule has 2 aromatic rings. The number of amides is 1. The van der Waals surface area contributed by atoms with Crippen LogP contribution in [0.25, 0.3) is 0 Å². The predicted molar refractivity (Wildman–Crippen MR) is 103 cm³/mol. The number of aryl methyl sites for hydroxylation is 1. The van der Waals surface area contributed by atoms with Gasteiger partial charge in [0.05, 0.1) is 10.1 Å². The number of sulfone groups is 1. The van der Waals surface area contributed by atoms with E-state index in [1.165, 1.54) is 17.7 Å². The van der Waals surface area contributed by atoms with Crippen LogP contribution in [0.3, 0.4) is 0 Å². The SMILES string of the molecule is CCCc1ccc(C(=O)N2CCC(S(=O)(=O)c3ccc(Cl)cc3)C2)cc1. The first kappa shape index (κ1) is 18.9. The van der Waals surface area contributed by atoms with Crippen LogP contribution < -0.4 is 0 Å². The Balaban J connectivity index is 1.71. The van der Waals surface area contributed by atoms with Crippen LogP contribution in [0.5, 0.6) is 0 Å². The van der Waals surface area contributed by atoms with Crippen LogP contribution in [0.15, 0.2) is 53.4 Å². The molecule has 0 aliphatic carbocycles. The number of carbonyl (C=O) groups excluding carboxylic acids is 1. The molecular weight excluding hydrogens is 370 g/mol. The summed E-state index contributed by atoms with van der Waals surface area (Å²) in [5.74, 6) is -0.109. The molecule has 138 valence electrons. The van der Waals surface area contributed by atoms with Crippen LogP contribution in [0.2, 0.25) is 5.02 Å². The van der Waals surface area contributed by atoms with Gasteiger partial charge in [0.1, 0.15) is 0 Å². The topological polar surface area (TPSA) is 54.5 Å². The van der Waals surface area contributed by atoms with Crippen LogP contribution in [-0.2, 0) is 16.3 Å². The fourth-order valence-electron chi connectivity index (χ4n) is 3.27. The lowest BCUT2D eigenvalue weighted by molar-refractivity contribution is 0.0793. The lowest BCUT2D eigenvalue weighted by Crippen LogP contribution is -2.31. The summed E-state index contributed by atoms with van der Waals surface area (Å²) in [5, 5.41) is -0.0781. The van der Waals surface area contributed by atoms with Crippen LogP contribution in [0.4, 0.5) is 0 Å². The van der Waals surface area contributed by atoms with E-state index in [1.54, 1.807) is 17.0 Å². The van der Waals surface area contributed by atoms with E-state index >= 15 is 0 Å². The third kappa shape index (κ3) is 3.94. The van der Waals surface area contributed by atoms with E-state index in [1.807, 2.05) is 24.3 Å². The van der Waals surface area contributed by atoms with E-state index in [0.29, 0.717) is 23.6 Å². The quantitative estimate of drug-likeness (QED) is 0.774. The minimum atomic E-state index is -3.47. The standard InChI is InChI=1S/C20H22ClNO3S/c1-2-3-15-4-6-16(7-5-15)20(23)22-13-12-19(14-22)26(24,25)18-10-8-17(21)9-11-18/h4-11,19H,2-3,12-14H2,1H3. The molecule has 0 saturated carbocycles. The highest BCUT2D eigenvalue weighted by atomic mass is 35.5. The van der Waals surface area contributed by atoms with Crippen molar-refractivity contribution in [2.45, 2.75) is 36.3 Å². The van der Waals surface area contributed by atoms with Crippen LogP contribution >= 0.6 is 11.6 Å². The van der Waals surface area contributed by atoms with E-state index in [4.69, 9.17) is 11.6 Å². The highest BCUT2D eigenvalue weighted by Crippen LogP contribution is 2.26. The Morgan fingerprint density at radius 2 is 1.77 bits per heavy atom. The number of benzene rings is 2. The highest BCUT2D eigenvalue weighted by molar-refractivity contribution is 7.92. The van der Waals surface area contributed by atoms with E-state index in [-0.39, 0.29) is 17.3 Å². The first-order chi connectivity index (χ1) is 12.4. The number of halogens is 1. The summed E-state index contributed by atoms with van der Waals surface area (Å²) in [6.07, 6.45) is 2.49. The number of carbonyl (C=O) groups is 1. The third-order valence-corrected chi connectivity index (χ3v) is 7.20. The first-order valence-electron chi connectivity index (χ1n) is 8.79. The van der Waals surface area contributed by atoms with Gasteiger partial charge in [-0.3, -0.25) is 4.79 Å². The Kier molecular flexibility index (Phi) is 5.68. The Morgan fingerprint density at radius 3 is 2.38 bits per heavy atom. The summed E-state index contributed by atoms with van der Waals surface area (Å²) in [6.45, 7) is 2.79. The second kappa shape index (κ2) is 7.80. The van der Waals surface area contributed by atoms with Crippen molar-refractivity contribution in [3.63, 3.8) is 0 Å². The maximum absolute atomic E-state index is 12.8. The van der Waals surface area contributed by atoms with E-state index in [9.17, 15) is 13.2 Å². The fraction of sp³-hybridized carbons (Fsp3) is 0.350.